The minimum Gasteiger partial charge on any atom is -0.489 e. The number of piperidine rings is 1. The smallest absolute Gasteiger partial charge is 0.253 e. The van der Waals surface area contributed by atoms with Gasteiger partial charge in [-0.3, -0.25) is 4.79 Å². The number of hydrogen-bond donors (Lipinski definition) is 0. The van der Waals surface area contributed by atoms with Crippen molar-refractivity contribution in [2.45, 2.75) is 50.7 Å². The summed E-state index contributed by atoms with van der Waals surface area (Å²) in [6.07, 6.45) is 11.3. The van der Waals surface area contributed by atoms with E-state index in [4.69, 9.17) is 4.74 Å². The van der Waals surface area contributed by atoms with Crippen LogP contribution in [-0.4, -0.2) is 63.6 Å². The van der Waals surface area contributed by atoms with Crippen LogP contribution in [0.3, 0.4) is 0 Å². The first-order chi connectivity index (χ1) is 15.7. The molecule has 0 N–H and O–H groups in total. The molecule has 1 saturated carbocycles. The van der Waals surface area contributed by atoms with Crippen LogP contribution < -0.4 is 4.74 Å². The molecule has 6 rings (SSSR count). The van der Waals surface area contributed by atoms with Crippen molar-refractivity contribution in [3.63, 3.8) is 0 Å². The molecule has 3 aliphatic rings. The highest BCUT2D eigenvalue weighted by Crippen LogP contribution is 2.30. The Balaban J connectivity index is 1.14. The molecule has 3 fully saturated rings. The third kappa shape index (κ3) is 3.88. The predicted molar refractivity (Wildman–Crippen MR) is 124 cm³/mol. The van der Waals surface area contributed by atoms with Crippen LogP contribution in [0.5, 0.6) is 5.75 Å². The number of benzene rings is 1. The molecule has 166 valence electrons. The highest BCUT2D eigenvalue weighted by atomic mass is 16.5. The summed E-state index contributed by atoms with van der Waals surface area (Å²) in [5.74, 6) is 1.84. The number of hydrogen-bond acceptors (Lipinski definition) is 4. The Kier molecular flexibility index (Phi) is 5.10. The third-order valence-electron chi connectivity index (χ3n) is 7.14. The van der Waals surface area contributed by atoms with Crippen molar-refractivity contribution >= 4 is 16.8 Å². The molecule has 2 aliphatic heterocycles. The van der Waals surface area contributed by atoms with Crippen LogP contribution in [0.1, 0.15) is 48.9 Å². The number of amides is 1. The molecule has 1 aromatic carbocycles. The Bertz CT molecular complexity index is 1100. The summed E-state index contributed by atoms with van der Waals surface area (Å²) >= 11 is 0. The first-order valence-corrected chi connectivity index (χ1v) is 12.0. The zero-order valence-corrected chi connectivity index (χ0v) is 18.4. The van der Waals surface area contributed by atoms with Gasteiger partial charge >= 0.3 is 0 Å². The number of carbonyl (C=O) groups is 1. The molecule has 0 radical (unpaired) electrons. The summed E-state index contributed by atoms with van der Waals surface area (Å²) in [6.45, 7) is 4.04. The normalized spacial score (nSPS) is 20.2. The number of carbonyl (C=O) groups excluding carboxylic acids is 1. The van der Waals surface area contributed by atoms with Gasteiger partial charge in [-0.1, -0.05) is 0 Å². The van der Waals surface area contributed by atoms with Gasteiger partial charge in [-0.15, -0.1) is 0 Å². The quantitative estimate of drug-likeness (QED) is 0.607. The summed E-state index contributed by atoms with van der Waals surface area (Å²) in [7, 11) is 0. The Labute approximate surface area is 188 Å². The van der Waals surface area contributed by atoms with Gasteiger partial charge in [0.25, 0.3) is 5.91 Å². The van der Waals surface area contributed by atoms with Crippen molar-refractivity contribution in [1.29, 1.82) is 0 Å². The van der Waals surface area contributed by atoms with E-state index in [2.05, 4.69) is 20.5 Å². The second kappa shape index (κ2) is 8.24. The Morgan fingerprint density at radius 2 is 1.75 bits per heavy atom. The summed E-state index contributed by atoms with van der Waals surface area (Å²) in [6, 6.07) is 12.9. The second-order valence-corrected chi connectivity index (χ2v) is 9.40. The highest BCUT2D eigenvalue weighted by molar-refractivity contribution is 5.98. The largest absolute Gasteiger partial charge is 0.489 e. The van der Waals surface area contributed by atoms with E-state index >= 15 is 0 Å². The molecule has 2 aromatic heterocycles. The Hall–Kier alpha value is -2.86. The third-order valence-corrected chi connectivity index (χ3v) is 7.14. The average Bonchev–Trinajstić information content (AvgIpc) is 3.37. The lowest BCUT2D eigenvalue weighted by Crippen LogP contribution is -2.39. The summed E-state index contributed by atoms with van der Waals surface area (Å²) in [4.78, 5) is 21.9. The lowest BCUT2D eigenvalue weighted by atomic mass is 10.1. The summed E-state index contributed by atoms with van der Waals surface area (Å²) in [5, 5.41) is 1.06. The van der Waals surface area contributed by atoms with Gasteiger partial charge in [0.1, 0.15) is 17.7 Å². The first kappa shape index (κ1) is 19.8. The molecule has 4 heterocycles. The fraction of sp³-hybridized carbons (Fsp3) is 0.462. The topological polar surface area (TPSA) is 50.6 Å². The van der Waals surface area contributed by atoms with Gasteiger partial charge in [-0.05, 0) is 74.9 Å². The standard InChI is InChI=1S/C26H30N4O2/c31-26(29-12-1-2-13-29)20-3-7-24-19(17-20)9-16-30(24)25-8-6-23(18-27-25)32-22-10-14-28(15-11-22)21-4-5-21/h3,6-9,16-18,21-22H,1-2,4-5,10-15H2. The molecular formula is C26H30N4O2. The van der Waals surface area contributed by atoms with Crippen LogP contribution in [0.25, 0.3) is 16.7 Å². The van der Waals surface area contributed by atoms with E-state index in [1.165, 1.54) is 12.8 Å². The molecule has 1 aliphatic carbocycles. The first-order valence-electron chi connectivity index (χ1n) is 12.0. The molecule has 0 atom stereocenters. The lowest BCUT2D eigenvalue weighted by Gasteiger charge is -2.32. The van der Waals surface area contributed by atoms with E-state index in [1.54, 1.807) is 0 Å². The van der Waals surface area contributed by atoms with Crippen LogP contribution in [-0.2, 0) is 0 Å². The minimum atomic E-state index is 0.139. The van der Waals surface area contributed by atoms with Gasteiger partial charge in [0, 0.05) is 49.4 Å². The van der Waals surface area contributed by atoms with E-state index in [1.807, 2.05) is 47.6 Å². The number of nitrogens with zero attached hydrogens (tertiary/aromatic N) is 4. The fourth-order valence-corrected chi connectivity index (χ4v) is 5.15. The SMILES string of the molecule is O=C(c1ccc2c(ccn2-c2ccc(OC3CCN(C4CC4)CC3)cn2)c1)N1CCCC1. The predicted octanol–water partition coefficient (Wildman–Crippen LogP) is 4.27. The van der Waals surface area contributed by atoms with Crippen LogP contribution in [0.4, 0.5) is 0 Å². The molecule has 6 heteroatoms. The summed E-state index contributed by atoms with van der Waals surface area (Å²) < 4.78 is 8.28. The maximum Gasteiger partial charge on any atom is 0.253 e. The van der Waals surface area contributed by atoms with E-state index in [0.29, 0.717) is 0 Å². The number of pyridine rings is 1. The summed E-state index contributed by atoms with van der Waals surface area (Å²) in [5.41, 5.74) is 1.82. The van der Waals surface area contributed by atoms with Crippen molar-refractivity contribution in [3.8, 4) is 11.6 Å². The minimum absolute atomic E-state index is 0.139. The number of rotatable bonds is 5. The Morgan fingerprint density at radius 1 is 0.938 bits per heavy atom. The van der Waals surface area contributed by atoms with E-state index in [9.17, 15) is 4.79 Å². The van der Waals surface area contributed by atoms with Crippen molar-refractivity contribution < 1.29 is 9.53 Å². The molecule has 3 aromatic rings. The van der Waals surface area contributed by atoms with Gasteiger partial charge < -0.3 is 19.1 Å². The number of aromatic nitrogens is 2. The van der Waals surface area contributed by atoms with Crippen LogP contribution >= 0.6 is 0 Å². The maximum atomic E-state index is 12.7. The van der Waals surface area contributed by atoms with Gasteiger partial charge in [0.05, 0.1) is 11.7 Å². The molecule has 1 amide bonds. The average molecular weight is 431 g/mol. The van der Waals surface area contributed by atoms with Crippen LogP contribution in [0.15, 0.2) is 48.8 Å². The van der Waals surface area contributed by atoms with Gasteiger partial charge in [-0.2, -0.15) is 0 Å². The molecule has 0 unspecified atom stereocenters. The van der Waals surface area contributed by atoms with E-state index in [-0.39, 0.29) is 12.0 Å². The molecule has 0 spiro atoms. The van der Waals surface area contributed by atoms with Crippen LogP contribution in [0.2, 0.25) is 0 Å². The van der Waals surface area contributed by atoms with Crippen molar-refractivity contribution in [3.05, 3.63) is 54.4 Å². The van der Waals surface area contributed by atoms with Crippen molar-refractivity contribution in [1.82, 2.24) is 19.4 Å². The van der Waals surface area contributed by atoms with Gasteiger partial charge in [0.15, 0.2) is 0 Å². The molecular weight excluding hydrogens is 400 g/mol. The zero-order chi connectivity index (χ0) is 21.5. The van der Waals surface area contributed by atoms with Gasteiger partial charge in [-0.25, -0.2) is 4.98 Å². The van der Waals surface area contributed by atoms with E-state index < -0.39 is 0 Å². The zero-order valence-electron chi connectivity index (χ0n) is 18.4. The van der Waals surface area contributed by atoms with E-state index in [0.717, 1.165) is 85.9 Å². The number of fused-ring (bicyclic) bond motifs is 1. The second-order valence-electron chi connectivity index (χ2n) is 9.40. The molecule has 0 bridgehead atoms. The van der Waals surface area contributed by atoms with Crippen molar-refractivity contribution in [2.75, 3.05) is 26.2 Å². The molecule has 6 nitrogen and oxygen atoms in total. The maximum absolute atomic E-state index is 12.7. The number of likely N-dealkylation sites (tertiary alicyclic amines) is 2. The van der Waals surface area contributed by atoms with Crippen molar-refractivity contribution in [2.24, 2.45) is 0 Å². The molecule has 32 heavy (non-hydrogen) atoms. The fourth-order valence-electron chi connectivity index (χ4n) is 5.15. The lowest BCUT2D eigenvalue weighted by molar-refractivity contribution is 0.0793. The molecule has 2 saturated heterocycles. The monoisotopic (exact) mass is 430 g/mol. The Morgan fingerprint density at radius 3 is 2.47 bits per heavy atom. The highest BCUT2D eigenvalue weighted by Gasteiger charge is 2.32. The number of ether oxygens (including phenoxy) is 1. The van der Waals surface area contributed by atoms with Crippen LogP contribution in [0, 0.1) is 0 Å². The van der Waals surface area contributed by atoms with Gasteiger partial charge in [0.2, 0.25) is 0 Å².